The zero-order valence-corrected chi connectivity index (χ0v) is 12.6. The highest BCUT2D eigenvalue weighted by Crippen LogP contribution is 2.24. The van der Waals surface area contributed by atoms with Gasteiger partial charge in [-0.05, 0) is 24.3 Å². The third-order valence-electron chi connectivity index (χ3n) is 4.04. The van der Waals surface area contributed by atoms with Gasteiger partial charge >= 0.3 is 0 Å². The summed E-state index contributed by atoms with van der Waals surface area (Å²) < 4.78 is 0. The molecule has 0 fully saturated rings. The molecule has 1 aliphatic heterocycles. The van der Waals surface area contributed by atoms with Crippen LogP contribution in [0.5, 0.6) is 0 Å². The smallest absolute Gasteiger partial charge is 0.262 e. The minimum Gasteiger partial charge on any atom is -0.359 e. The first-order valence-corrected chi connectivity index (χ1v) is 7.46. The van der Waals surface area contributed by atoms with E-state index >= 15 is 0 Å². The molecule has 0 bridgehead atoms. The van der Waals surface area contributed by atoms with Crippen molar-refractivity contribution in [2.45, 2.75) is 0 Å². The summed E-state index contributed by atoms with van der Waals surface area (Å²) in [6.45, 7) is -0.316. The number of carbonyl (C=O) groups excluding carboxylic acids is 3. The van der Waals surface area contributed by atoms with Gasteiger partial charge < -0.3 is 10.3 Å². The number of nitrogens with zero attached hydrogens (tertiary/aromatic N) is 1. The van der Waals surface area contributed by atoms with Crippen LogP contribution in [-0.2, 0) is 4.79 Å². The Labute approximate surface area is 137 Å². The van der Waals surface area contributed by atoms with Crippen molar-refractivity contribution in [3.8, 4) is 0 Å². The highest BCUT2D eigenvalue weighted by atomic mass is 16.2. The standard InChI is InChI=1S/C18H13N3O3/c22-15(20-14-7-3-4-11-8-9-19-16(11)14)10-21-17(23)12-5-1-2-6-13(12)18(21)24/h1-9,19H,10H2,(H,20,22). The minimum atomic E-state index is -0.441. The molecular weight excluding hydrogens is 306 g/mol. The summed E-state index contributed by atoms with van der Waals surface area (Å²) in [5.41, 5.74) is 2.08. The Kier molecular flexibility index (Phi) is 3.16. The first-order chi connectivity index (χ1) is 11.6. The van der Waals surface area contributed by atoms with E-state index < -0.39 is 17.7 Å². The summed E-state index contributed by atoms with van der Waals surface area (Å²) in [5.74, 6) is -1.31. The molecule has 3 amide bonds. The Bertz CT molecular complexity index is 955. The van der Waals surface area contributed by atoms with Gasteiger partial charge in [0, 0.05) is 11.6 Å². The Morgan fingerprint density at radius 1 is 0.958 bits per heavy atom. The maximum absolute atomic E-state index is 12.3. The second-order valence-electron chi connectivity index (χ2n) is 5.54. The van der Waals surface area contributed by atoms with Crippen LogP contribution in [0.15, 0.2) is 54.7 Å². The average molecular weight is 319 g/mol. The topological polar surface area (TPSA) is 82.3 Å². The van der Waals surface area contributed by atoms with Gasteiger partial charge in [0.25, 0.3) is 11.8 Å². The zero-order valence-electron chi connectivity index (χ0n) is 12.6. The number of anilines is 1. The highest BCUT2D eigenvalue weighted by molar-refractivity contribution is 6.22. The molecule has 2 aromatic carbocycles. The van der Waals surface area contributed by atoms with E-state index in [9.17, 15) is 14.4 Å². The van der Waals surface area contributed by atoms with Crippen LogP contribution in [0.2, 0.25) is 0 Å². The first kappa shape index (κ1) is 14.2. The predicted octanol–water partition coefficient (Wildman–Crippen LogP) is 2.40. The van der Waals surface area contributed by atoms with Gasteiger partial charge in [-0.25, -0.2) is 0 Å². The fourth-order valence-corrected chi connectivity index (χ4v) is 2.91. The second-order valence-corrected chi connectivity index (χ2v) is 5.54. The van der Waals surface area contributed by atoms with Crippen molar-refractivity contribution >= 4 is 34.3 Å². The van der Waals surface area contributed by atoms with Crippen LogP contribution in [-0.4, -0.2) is 34.2 Å². The van der Waals surface area contributed by atoms with Crippen molar-refractivity contribution in [1.29, 1.82) is 0 Å². The van der Waals surface area contributed by atoms with Gasteiger partial charge in [0.05, 0.1) is 22.3 Å². The molecule has 6 heteroatoms. The maximum atomic E-state index is 12.3. The van der Waals surface area contributed by atoms with Crippen LogP contribution in [0, 0.1) is 0 Å². The number of imide groups is 1. The van der Waals surface area contributed by atoms with Crippen molar-refractivity contribution < 1.29 is 14.4 Å². The normalized spacial score (nSPS) is 13.4. The number of amides is 3. The number of rotatable bonds is 3. The van der Waals surface area contributed by atoms with Crippen molar-refractivity contribution in [3.05, 3.63) is 65.9 Å². The fraction of sp³-hybridized carbons (Fsp3) is 0.0556. The molecule has 4 rings (SSSR count). The predicted molar refractivity (Wildman–Crippen MR) is 88.7 cm³/mol. The molecule has 0 aliphatic carbocycles. The molecule has 1 aliphatic rings. The number of fused-ring (bicyclic) bond motifs is 2. The number of para-hydroxylation sites is 1. The molecule has 3 aromatic rings. The van der Waals surface area contributed by atoms with Gasteiger partial charge in [-0.1, -0.05) is 24.3 Å². The lowest BCUT2D eigenvalue weighted by Gasteiger charge is -2.14. The van der Waals surface area contributed by atoms with Gasteiger partial charge in [-0.15, -0.1) is 0 Å². The number of aromatic amines is 1. The Hall–Kier alpha value is -3.41. The molecule has 0 unspecified atom stereocenters. The molecule has 0 saturated carbocycles. The summed E-state index contributed by atoms with van der Waals surface area (Å²) in [6.07, 6.45) is 1.78. The molecular formula is C18H13N3O3. The van der Waals surface area contributed by atoms with Crippen molar-refractivity contribution in [2.75, 3.05) is 11.9 Å². The number of carbonyl (C=O) groups is 3. The lowest BCUT2D eigenvalue weighted by atomic mass is 10.1. The zero-order chi connectivity index (χ0) is 16.7. The Morgan fingerprint density at radius 3 is 2.38 bits per heavy atom. The first-order valence-electron chi connectivity index (χ1n) is 7.46. The molecule has 0 atom stereocenters. The van der Waals surface area contributed by atoms with Crippen molar-refractivity contribution in [2.24, 2.45) is 0 Å². The highest BCUT2D eigenvalue weighted by Gasteiger charge is 2.36. The summed E-state index contributed by atoms with van der Waals surface area (Å²) >= 11 is 0. The van der Waals surface area contributed by atoms with E-state index in [1.165, 1.54) is 0 Å². The van der Waals surface area contributed by atoms with E-state index in [0.717, 1.165) is 15.8 Å². The number of aromatic nitrogens is 1. The quantitative estimate of drug-likeness (QED) is 0.727. The van der Waals surface area contributed by atoms with E-state index in [1.54, 1.807) is 36.5 Å². The van der Waals surface area contributed by atoms with Crippen LogP contribution in [0.4, 0.5) is 5.69 Å². The van der Waals surface area contributed by atoms with Gasteiger partial charge in [0.2, 0.25) is 5.91 Å². The van der Waals surface area contributed by atoms with Crippen LogP contribution in [0.1, 0.15) is 20.7 Å². The van der Waals surface area contributed by atoms with Crippen LogP contribution in [0.3, 0.4) is 0 Å². The van der Waals surface area contributed by atoms with Gasteiger partial charge in [0.1, 0.15) is 6.54 Å². The fourth-order valence-electron chi connectivity index (χ4n) is 2.91. The molecule has 2 heterocycles. The summed E-state index contributed by atoms with van der Waals surface area (Å²) in [6, 6.07) is 14.0. The maximum Gasteiger partial charge on any atom is 0.262 e. The number of hydrogen-bond donors (Lipinski definition) is 2. The molecule has 0 radical (unpaired) electrons. The number of hydrogen-bond acceptors (Lipinski definition) is 3. The molecule has 2 N–H and O–H groups in total. The molecule has 118 valence electrons. The van der Waals surface area contributed by atoms with Crippen LogP contribution in [0.25, 0.3) is 10.9 Å². The van der Waals surface area contributed by atoms with E-state index in [0.29, 0.717) is 16.8 Å². The van der Waals surface area contributed by atoms with Gasteiger partial charge in [-0.2, -0.15) is 0 Å². The molecule has 0 saturated heterocycles. The number of H-pyrrole nitrogens is 1. The second kappa shape index (κ2) is 5.34. The van der Waals surface area contributed by atoms with Gasteiger partial charge in [-0.3, -0.25) is 19.3 Å². The van der Waals surface area contributed by atoms with Gasteiger partial charge in [0.15, 0.2) is 0 Å². The summed E-state index contributed by atoms with van der Waals surface area (Å²) in [5, 5.41) is 3.72. The van der Waals surface area contributed by atoms with E-state index in [4.69, 9.17) is 0 Å². The van der Waals surface area contributed by atoms with Crippen molar-refractivity contribution in [3.63, 3.8) is 0 Å². The largest absolute Gasteiger partial charge is 0.359 e. The van der Waals surface area contributed by atoms with Crippen molar-refractivity contribution in [1.82, 2.24) is 9.88 Å². The molecule has 24 heavy (non-hydrogen) atoms. The van der Waals surface area contributed by atoms with E-state index in [2.05, 4.69) is 10.3 Å². The number of benzene rings is 2. The molecule has 0 spiro atoms. The SMILES string of the molecule is O=C(CN1C(=O)c2ccccc2C1=O)Nc1cccc2cc[nH]c12. The minimum absolute atomic E-state index is 0.316. The lowest BCUT2D eigenvalue weighted by molar-refractivity contribution is -0.116. The third kappa shape index (κ3) is 2.16. The monoisotopic (exact) mass is 319 g/mol. The van der Waals surface area contributed by atoms with E-state index in [1.807, 2.05) is 18.2 Å². The molecule has 1 aromatic heterocycles. The summed E-state index contributed by atoms with van der Waals surface area (Å²) in [4.78, 5) is 40.9. The molecule has 6 nitrogen and oxygen atoms in total. The van der Waals surface area contributed by atoms with Crippen LogP contribution < -0.4 is 5.32 Å². The Morgan fingerprint density at radius 2 is 1.67 bits per heavy atom. The Balaban J connectivity index is 1.54. The third-order valence-corrected chi connectivity index (χ3v) is 4.04. The lowest BCUT2D eigenvalue weighted by Crippen LogP contribution is -2.37. The van der Waals surface area contributed by atoms with E-state index in [-0.39, 0.29) is 6.54 Å². The average Bonchev–Trinajstić information content (AvgIpc) is 3.16. The van der Waals surface area contributed by atoms with Crippen LogP contribution >= 0.6 is 0 Å². The number of nitrogens with one attached hydrogen (secondary N) is 2. The summed E-state index contributed by atoms with van der Waals surface area (Å²) in [7, 11) is 0.